The Kier molecular flexibility index (Phi) is 8.96. The van der Waals surface area contributed by atoms with Gasteiger partial charge in [0.1, 0.15) is 17.3 Å². The standard InChI is InChI=1S/C27H40O3/c1-3-5-6-7-20-10-17-25(26(28)18-20)27(29)19-21-8-11-22(12-9-21)23-13-15-24(16-14-23)30-4-2/h13-16,20-22,25H,3-12,17-19H2,1-2H3. The average molecular weight is 413 g/mol. The van der Waals surface area contributed by atoms with Gasteiger partial charge in [0.15, 0.2) is 0 Å². The Morgan fingerprint density at radius 2 is 1.63 bits per heavy atom. The molecule has 0 radical (unpaired) electrons. The minimum atomic E-state index is -0.295. The quantitative estimate of drug-likeness (QED) is 0.310. The molecule has 0 spiro atoms. The van der Waals surface area contributed by atoms with Gasteiger partial charge < -0.3 is 4.74 Å². The van der Waals surface area contributed by atoms with Crippen LogP contribution in [-0.2, 0) is 9.59 Å². The van der Waals surface area contributed by atoms with Crippen molar-refractivity contribution in [2.45, 2.75) is 96.8 Å². The zero-order chi connectivity index (χ0) is 21.3. The Labute approximate surface area is 183 Å². The Morgan fingerprint density at radius 1 is 0.933 bits per heavy atom. The summed E-state index contributed by atoms with van der Waals surface area (Å²) in [7, 11) is 0. The molecule has 166 valence electrons. The Hall–Kier alpha value is -1.64. The van der Waals surface area contributed by atoms with Crippen LogP contribution in [-0.4, -0.2) is 18.2 Å². The molecule has 3 heteroatoms. The van der Waals surface area contributed by atoms with Crippen molar-refractivity contribution in [3.05, 3.63) is 29.8 Å². The van der Waals surface area contributed by atoms with Gasteiger partial charge in [0.05, 0.1) is 12.5 Å². The number of carbonyl (C=O) groups excluding carboxylic acids is 2. The van der Waals surface area contributed by atoms with Crippen molar-refractivity contribution < 1.29 is 14.3 Å². The fraction of sp³-hybridized carbons (Fsp3) is 0.704. The molecule has 3 nitrogen and oxygen atoms in total. The van der Waals surface area contributed by atoms with Gasteiger partial charge in [0, 0.05) is 12.8 Å². The second kappa shape index (κ2) is 11.7. The van der Waals surface area contributed by atoms with Crippen LogP contribution in [0.1, 0.15) is 102 Å². The van der Waals surface area contributed by atoms with Crippen LogP contribution in [0.5, 0.6) is 5.75 Å². The van der Waals surface area contributed by atoms with Crippen LogP contribution in [0.15, 0.2) is 24.3 Å². The average Bonchev–Trinajstić information content (AvgIpc) is 2.75. The SMILES string of the molecule is CCCCCC1CCC(C(=O)CC2CCC(c3ccc(OCC)cc3)CC2)C(=O)C1. The zero-order valence-corrected chi connectivity index (χ0v) is 19.0. The molecule has 2 saturated carbocycles. The molecule has 0 amide bonds. The maximum absolute atomic E-state index is 12.9. The number of carbonyl (C=O) groups is 2. The molecule has 1 aromatic carbocycles. The van der Waals surface area contributed by atoms with Gasteiger partial charge >= 0.3 is 0 Å². The first-order valence-corrected chi connectivity index (χ1v) is 12.4. The van der Waals surface area contributed by atoms with Crippen molar-refractivity contribution in [2.75, 3.05) is 6.61 Å². The molecular weight excluding hydrogens is 372 g/mol. The van der Waals surface area contributed by atoms with E-state index < -0.39 is 0 Å². The molecule has 0 N–H and O–H groups in total. The summed E-state index contributed by atoms with van der Waals surface area (Å²) >= 11 is 0. The van der Waals surface area contributed by atoms with Crippen molar-refractivity contribution in [2.24, 2.45) is 17.8 Å². The number of unbranched alkanes of at least 4 members (excludes halogenated alkanes) is 2. The van der Waals surface area contributed by atoms with Crippen molar-refractivity contribution in [1.29, 1.82) is 0 Å². The second-order valence-corrected chi connectivity index (χ2v) is 9.55. The summed E-state index contributed by atoms with van der Waals surface area (Å²) in [5.41, 5.74) is 1.39. The van der Waals surface area contributed by atoms with Crippen LogP contribution in [0.2, 0.25) is 0 Å². The fourth-order valence-corrected chi connectivity index (χ4v) is 5.49. The predicted octanol–water partition coefficient (Wildman–Crippen LogP) is 6.88. The van der Waals surface area contributed by atoms with Gasteiger partial charge in [-0.1, -0.05) is 44.7 Å². The first-order chi connectivity index (χ1) is 14.6. The van der Waals surface area contributed by atoms with Gasteiger partial charge in [-0.05, 0) is 80.9 Å². The highest BCUT2D eigenvalue weighted by Crippen LogP contribution is 2.39. The third-order valence-electron chi connectivity index (χ3n) is 7.35. The highest BCUT2D eigenvalue weighted by atomic mass is 16.5. The predicted molar refractivity (Wildman–Crippen MR) is 122 cm³/mol. The summed E-state index contributed by atoms with van der Waals surface area (Å²) in [6.07, 6.45) is 12.5. The van der Waals surface area contributed by atoms with Crippen LogP contribution in [0.25, 0.3) is 0 Å². The van der Waals surface area contributed by atoms with E-state index in [1.165, 1.54) is 24.8 Å². The number of benzene rings is 1. The molecule has 3 rings (SSSR count). The number of ketones is 2. The van der Waals surface area contributed by atoms with E-state index in [1.807, 2.05) is 6.92 Å². The lowest BCUT2D eigenvalue weighted by Crippen LogP contribution is -2.32. The van der Waals surface area contributed by atoms with E-state index in [1.54, 1.807) is 0 Å². The van der Waals surface area contributed by atoms with Crippen LogP contribution in [0.3, 0.4) is 0 Å². The van der Waals surface area contributed by atoms with Crippen LogP contribution in [0.4, 0.5) is 0 Å². The summed E-state index contributed by atoms with van der Waals surface area (Å²) in [6, 6.07) is 8.52. The minimum Gasteiger partial charge on any atom is -0.494 e. The van der Waals surface area contributed by atoms with Crippen LogP contribution in [0, 0.1) is 17.8 Å². The molecule has 0 aromatic heterocycles. The van der Waals surface area contributed by atoms with Gasteiger partial charge in [-0.2, -0.15) is 0 Å². The second-order valence-electron chi connectivity index (χ2n) is 9.55. The molecule has 1 aromatic rings. The first kappa shape index (κ1) is 23.0. The maximum atomic E-state index is 12.9. The van der Waals surface area contributed by atoms with Crippen LogP contribution >= 0.6 is 0 Å². The van der Waals surface area contributed by atoms with E-state index in [4.69, 9.17) is 4.74 Å². The van der Waals surface area contributed by atoms with Gasteiger partial charge in [-0.25, -0.2) is 0 Å². The third kappa shape index (κ3) is 6.43. The van der Waals surface area contributed by atoms with E-state index in [0.717, 1.165) is 50.7 Å². The topological polar surface area (TPSA) is 43.4 Å². The number of rotatable bonds is 10. The summed E-state index contributed by atoms with van der Waals surface area (Å²) in [4.78, 5) is 25.5. The van der Waals surface area contributed by atoms with Crippen molar-refractivity contribution in [1.82, 2.24) is 0 Å². The number of ether oxygens (including phenoxy) is 1. The van der Waals surface area contributed by atoms with Gasteiger partial charge in [0.2, 0.25) is 0 Å². The monoisotopic (exact) mass is 412 g/mol. The largest absolute Gasteiger partial charge is 0.494 e. The summed E-state index contributed by atoms with van der Waals surface area (Å²) in [5.74, 6) is 2.69. The van der Waals surface area contributed by atoms with E-state index in [-0.39, 0.29) is 17.5 Å². The van der Waals surface area contributed by atoms with Gasteiger partial charge in [0.25, 0.3) is 0 Å². The minimum absolute atomic E-state index is 0.232. The van der Waals surface area contributed by atoms with Gasteiger partial charge in [-0.15, -0.1) is 0 Å². The molecule has 2 aliphatic carbocycles. The highest BCUT2D eigenvalue weighted by Gasteiger charge is 2.34. The summed E-state index contributed by atoms with van der Waals surface area (Å²) in [6.45, 7) is 4.91. The lowest BCUT2D eigenvalue weighted by Gasteiger charge is -2.31. The molecule has 2 unspecified atom stereocenters. The van der Waals surface area contributed by atoms with Crippen molar-refractivity contribution in [3.63, 3.8) is 0 Å². The first-order valence-electron chi connectivity index (χ1n) is 12.4. The molecule has 2 fully saturated rings. The maximum Gasteiger partial charge on any atom is 0.143 e. The normalized spacial score (nSPS) is 27.1. The van der Waals surface area contributed by atoms with Crippen molar-refractivity contribution in [3.8, 4) is 5.75 Å². The van der Waals surface area contributed by atoms with Crippen LogP contribution < -0.4 is 4.74 Å². The highest BCUT2D eigenvalue weighted by molar-refractivity contribution is 6.02. The van der Waals surface area contributed by atoms with Gasteiger partial charge in [-0.3, -0.25) is 9.59 Å². The smallest absolute Gasteiger partial charge is 0.143 e. The molecular formula is C27H40O3. The Balaban J connectivity index is 1.41. The molecule has 0 saturated heterocycles. The fourth-order valence-electron chi connectivity index (χ4n) is 5.49. The Morgan fingerprint density at radius 3 is 2.27 bits per heavy atom. The van der Waals surface area contributed by atoms with E-state index >= 15 is 0 Å². The Bertz CT molecular complexity index is 670. The molecule has 2 aliphatic rings. The molecule has 0 heterocycles. The summed E-state index contributed by atoms with van der Waals surface area (Å²) < 4.78 is 5.54. The van der Waals surface area contributed by atoms with E-state index in [9.17, 15) is 9.59 Å². The number of Topliss-reactive ketones (excluding diaryl/α,β-unsaturated/α-hetero) is 2. The van der Waals surface area contributed by atoms with E-state index in [0.29, 0.717) is 37.2 Å². The zero-order valence-electron chi connectivity index (χ0n) is 19.0. The van der Waals surface area contributed by atoms with E-state index in [2.05, 4.69) is 31.2 Å². The lowest BCUT2D eigenvalue weighted by molar-refractivity contribution is -0.136. The molecule has 2 atom stereocenters. The number of hydrogen-bond donors (Lipinski definition) is 0. The lowest BCUT2D eigenvalue weighted by atomic mass is 9.73. The molecule has 30 heavy (non-hydrogen) atoms. The molecule has 0 bridgehead atoms. The van der Waals surface area contributed by atoms with Crippen molar-refractivity contribution >= 4 is 11.6 Å². The third-order valence-corrected chi connectivity index (χ3v) is 7.35. The molecule has 0 aliphatic heterocycles. The summed E-state index contributed by atoms with van der Waals surface area (Å²) in [5, 5.41) is 0. The number of hydrogen-bond acceptors (Lipinski definition) is 3.